The number of nitrogens with zero attached hydrogens (tertiary/aromatic N) is 2. The molecule has 0 saturated carbocycles. The van der Waals surface area contributed by atoms with Crippen molar-refractivity contribution in [3.63, 3.8) is 0 Å². The predicted octanol–water partition coefficient (Wildman–Crippen LogP) is 2.03. The SMILES string of the molecule is O=C(O)c1cc2nc(-c3ccccc3)cn2[nH]1. The first kappa shape index (κ1) is 9.65. The van der Waals surface area contributed by atoms with E-state index in [1.54, 1.807) is 10.7 Å². The number of carboxylic acids is 1. The molecule has 0 saturated heterocycles. The molecule has 2 aromatic heterocycles. The summed E-state index contributed by atoms with van der Waals surface area (Å²) in [7, 11) is 0. The van der Waals surface area contributed by atoms with Crippen LogP contribution >= 0.6 is 0 Å². The second-order valence-corrected chi connectivity index (χ2v) is 3.70. The minimum Gasteiger partial charge on any atom is -0.477 e. The van der Waals surface area contributed by atoms with Crippen LogP contribution in [0.15, 0.2) is 42.6 Å². The van der Waals surface area contributed by atoms with Crippen molar-refractivity contribution >= 4 is 11.6 Å². The molecule has 0 aliphatic rings. The van der Waals surface area contributed by atoms with Crippen LogP contribution in [0.5, 0.6) is 0 Å². The molecule has 3 aromatic rings. The minimum atomic E-state index is -0.989. The van der Waals surface area contributed by atoms with Crippen LogP contribution in [0.2, 0.25) is 0 Å². The van der Waals surface area contributed by atoms with Crippen LogP contribution in [0, 0.1) is 0 Å². The summed E-state index contributed by atoms with van der Waals surface area (Å²) < 4.78 is 1.60. The number of carbonyl (C=O) groups is 1. The van der Waals surface area contributed by atoms with Gasteiger partial charge in [-0.2, -0.15) is 0 Å². The molecule has 2 heterocycles. The zero-order valence-electron chi connectivity index (χ0n) is 8.79. The second kappa shape index (κ2) is 3.48. The summed E-state index contributed by atoms with van der Waals surface area (Å²) >= 11 is 0. The van der Waals surface area contributed by atoms with Gasteiger partial charge in [0.1, 0.15) is 5.69 Å². The highest BCUT2D eigenvalue weighted by Gasteiger charge is 2.10. The molecule has 0 aliphatic carbocycles. The molecule has 1 aromatic carbocycles. The van der Waals surface area contributed by atoms with Crippen molar-refractivity contribution in [2.45, 2.75) is 0 Å². The third-order valence-electron chi connectivity index (χ3n) is 2.55. The lowest BCUT2D eigenvalue weighted by atomic mass is 10.2. The third kappa shape index (κ3) is 1.57. The van der Waals surface area contributed by atoms with Crippen molar-refractivity contribution in [1.29, 1.82) is 0 Å². The number of imidazole rings is 1. The summed E-state index contributed by atoms with van der Waals surface area (Å²) in [6.07, 6.45) is 1.77. The van der Waals surface area contributed by atoms with Gasteiger partial charge in [0.25, 0.3) is 0 Å². The molecule has 3 rings (SSSR count). The summed E-state index contributed by atoms with van der Waals surface area (Å²) in [5.74, 6) is -0.989. The fraction of sp³-hybridized carbons (Fsp3) is 0. The number of aromatic amines is 1. The van der Waals surface area contributed by atoms with E-state index >= 15 is 0 Å². The van der Waals surface area contributed by atoms with Gasteiger partial charge in [0.2, 0.25) is 0 Å². The van der Waals surface area contributed by atoms with Crippen LogP contribution < -0.4 is 0 Å². The lowest BCUT2D eigenvalue weighted by Gasteiger charge is -1.93. The van der Waals surface area contributed by atoms with E-state index in [0.29, 0.717) is 5.65 Å². The quantitative estimate of drug-likeness (QED) is 0.703. The van der Waals surface area contributed by atoms with Crippen molar-refractivity contribution in [2.24, 2.45) is 0 Å². The van der Waals surface area contributed by atoms with Crippen LogP contribution in [0.1, 0.15) is 10.5 Å². The van der Waals surface area contributed by atoms with Gasteiger partial charge in [-0.25, -0.2) is 14.3 Å². The maximum absolute atomic E-state index is 10.8. The van der Waals surface area contributed by atoms with Gasteiger partial charge >= 0.3 is 5.97 Å². The van der Waals surface area contributed by atoms with Crippen LogP contribution in [-0.4, -0.2) is 25.7 Å². The van der Waals surface area contributed by atoms with Gasteiger partial charge < -0.3 is 5.11 Å². The molecule has 84 valence electrons. The van der Waals surface area contributed by atoms with E-state index in [1.807, 2.05) is 30.3 Å². The van der Waals surface area contributed by atoms with Gasteiger partial charge in [-0.3, -0.25) is 5.10 Å². The first-order valence-corrected chi connectivity index (χ1v) is 5.11. The molecule has 5 heteroatoms. The van der Waals surface area contributed by atoms with Crippen LogP contribution in [0.3, 0.4) is 0 Å². The number of aromatic nitrogens is 3. The van der Waals surface area contributed by atoms with Gasteiger partial charge in [0.15, 0.2) is 5.65 Å². The van der Waals surface area contributed by atoms with Crippen molar-refractivity contribution in [3.8, 4) is 11.3 Å². The number of nitrogens with one attached hydrogen (secondary N) is 1. The average molecular weight is 227 g/mol. The van der Waals surface area contributed by atoms with Crippen molar-refractivity contribution < 1.29 is 9.90 Å². The fourth-order valence-electron chi connectivity index (χ4n) is 1.73. The molecule has 0 fully saturated rings. The Kier molecular flexibility index (Phi) is 1.98. The number of H-pyrrole nitrogens is 1. The lowest BCUT2D eigenvalue weighted by molar-refractivity contribution is 0.0690. The highest BCUT2D eigenvalue weighted by Crippen LogP contribution is 2.18. The average Bonchev–Trinajstić information content (AvgIpc) is 2.87. The Morgan fingerprint density at radius 2 is 2.06 bits per heavy atom. The molecule has 0 bridgehead atoms. The maximum Gasteiger partial charge on any atom is 0.353 e. The summed E-state index contributed by atoms with van der Waals surface area (Å²) in [6.45, 7) is 0. The van der Waals surface area contributed by atoms with E-state index in [4.69, 9.17) is 5.11 Å². The molecule has 0 unspecified atom stereocenters. The largest absolute Gasteiger partial charge is 0.477 e. The van der Waals surface area contributed by atoms with E-state index in [9.17, 15) is 4.79 Å². The molecule has 2 N–H and O–H groups in total. The summed E-state index contributed by atoms with van der Waals surface area (Å²) in [6, 6.07) is 11.2. The summed E-state index contributed by atoms with van der Waals surface area (Å²) in [5.41, 5.74) is 2.55. The van der Waals surface area contributed by atoms with Gasteiger partial charge in [-0.15, -0.1) is 0 Å². The standard InChI is InChI=1S/C12H9N3O2/c16-12(17)9-6-11-13-10(7-15(11)14-9)8-4-2-1-3-5-8/h1-7,14H,(H,16,17). The first-order chi connectivity index (χ1) is 8.24. The zero-order valence-corrected chi connectivity index (χ0v) is 8.79. The number of fused-ring (bicyclic) bond motifs is 1. The highest BCUT2D eigenvalue weighted by atomic mass is 16.4. The Morgan fingerprint density at radius 1 is 1.29 bits per heavy atom. The number of hydrogen-bond acceptors (Lipinski definition) is 2. The molecule has 0 aliphatic heterocycles. The van der Waals surface area contributed by atoms with Gasteiger partial charge in [0, 0.05) is 11.6 Å². The molecule has 5 nitrogen and oxygen atoms in total. The Morgan fingerprint density at radius 3 is 2.71 bits per heavy atom. The van der Waals surface area contributed by atoms with Crippen molar-refractivity contribution in [2.75, 3.05) is 0 Å². The number of aromatic carboxylic acids is 1. The number of benzene rings is 1. The molecular weight excluding hydrogens is 218 g/mol. The highest BCUT2D eigenvalue weighted by molar-refractivity contribution is 5.86. The third-order valence-corrected chi connectivity index (χ3v) is 2.55. The number of carboxylic acid groups (broad SMARTS) is 1. The maximum atomic E-state index is 10.8. The first-order valence-electron chi connectivity index (χ1n) is 5.11. The number of rotatable bonds is 2. The zero-order chi connectivity index (χ0) is 11.8. The van der Waals surface area contributed by atoms with Crippen LogP contribution in [-0.2, 0) is 0 Å². The molecule has 0 radical (unpaired) electrons. The lowest BCUT2D eigenvalue weighted by Crippen LogP contribution is -1.96. The smallest absolute Gasteiger partial charge is 0.353 e. The second-order valence-electron chi connectivity index (χ2n) is 3.70. The molecule has 0 spiro atoms. The fourth-order valence-corrected chi connectivity index (χ4v) is 1.73. The van der Waals surface area contributed by atoms with Crippen molar-refractivity contribution in [3.05, 3.63) is 48.3 Å². The normalized spacial score (nSPS) is 10.8. The minimum absolute atomic E-state index is 0.132. The Labute approximate surface area is 96.3 Å². The van der Waals surface area contributed by atoms with Gasteiger partial charge in [0.05, 0.1) is 11.9 Å². The number of hydrogen-bond donors (Lipinski definition) is 2. The van der Waals surface area contributed by atoms with Crippen LogP contribution in [0.4, 0.5) is 0 Å². The topological polar surface area (TPSA) is 70.4 Å². The van der Waals surface area contributed by atoms with E-state index in [0.717, 1.165) is 11.3 Å². The van der Waals surface area contributed by atoms with E-state index in [2.05, 4.69) is 10.1 Å². The summed E-state index contributed by atoms with van der Waals surface area (Å²) in [4.78, 5) is 15.1. The molecule has 0 amide bonds. The van der Waals surface area contributed by atoms with Crippen LogP contribution in [0.25, 0.3) is 16.9 Å². The summed E-state index contributed by atoms with van der Waals surface area (Å²) in [5, 5.41) is 11.6. The molecule has 17 heavy (non-hydrogen) atoms. The molecular formula is C12H9N3O2. The van der Waals surface area contributed by atoms with Gasteiger partial charge in [-0.1, -0.05) is 30.3 Å². The van der Waals surface area contributed by atoms with E-state index in [1.165, 1.54) is 6.07 Å². The Balaban J connectivity index is 2.10. The Hall–Kier alpha value is -2.56. The monoisotopic (exact) mass is 227 g/mol. The predicted molar refractivity (Wildman–Crippen MR) is 61.9 cm³/mol. The van der Waals surface area contributed by atoms with Gasteiger partial charge in [-0.05, 0) is 0 Å². The van der Waals surface area contributed by atoms with Crippen molar-refractivity contribution in [1.82, 2.24) is 14.6 Å². The Bertz CT molecular complexity index is 651. The van der Waals surface area contributed by atoms with E-state index in [-0.39, 0.29) is 5.69 Å². The van der Waals surface area contributed by atoms with E-state index < -0.39 is 5.97 Å². The molecule has 0 atom stereocenters.